The second-order valence-corrected chi connectivity index (χ2v) is 6.49. The van der Waals surface area contributed by atoms with Crippen LogP contribution in [0.15, 0.2) is 42.5 Å². The highest BCUT2D eigenvalue weighted by atomic mass is 32.1. The molecule has 2 N–H and O–H groups in total. The number of hydrogen-bond donors (Lipinski definition) is 2. The largest absolute Gasteiger partial charge is 0.497 e. The molecule has 0 atom stereocenters. The number of thiocarbonyl (C=S) groups is 1. The maximum atomic E-state index is 11.9. The molecule has 5 nitrogen and oxygen atoms in total. The van der Waals surface area contributed by atoms with E-state index in [2.05, 4.69) is 22.8 Å². The Labute approximate surface area is 166 Å². The average Bonchev–Trinajstić information content (AvgIpc) is 2.67. The number of carbonyl (C=O) groups excluding carboxylic acids is 1. The zero-order valence-electron chi connectivity index (χ0n) is 16.0. The molecule has 0 fully saturated rings. The lowest BCUT2D eigenvalue weighted by atomic mass is 10.1. The Hall–Kier alpha value is -2.60. The molecule has 0 unspecified atom stereocenters. The van der Waals surface area contributed by atoms with Crippen LogP contribution in [0, 0.1) is 6.92 Å². The van der Waals surface area contributed by atoms with Gasteiger partial charge in [-0.3, -0.25) is 0 Å². The van der Waals surface area contributed by atoms with Gasteiger partial charge in [0, 0.05) is 12.2 Å². The van der Waals surface area contributed by atoms with Crippen molar-refractivity contribution in [2.75, 3.05) is 25.6 Å². The molecule has 0 aliphatic carbocycles. The summed E-state index contributed by atoms with van der Waals surface area (Å²) >= 11 is 5.36. The molecule has 0 spiro atoms. The first-order valence-electron chi connectivity index (χ1n) is 8.99. The first-order chi connectivity index (χ1) is 13.0. The fourth-order valence-corrected chi connectivity index (χ4v) is 2.76. The van der Waals surface area contributed by atoms with Gasteiger partial charge >= 0.3 is 5.97 Å². The van der Waals surface area contributed by atoms with Gasteiger partial charge in [0.2, 0.25) is 0 Å². The van der Waals surface area contributed by atoms with Crippen molar-refractivity contribution in [2.24, 2.45) is 0 Å². The smallest absolute Gasteiger partial charge is 0.338 e. The monoisotopic (exact) mass is 386 g/mol. The van der Waals surface area contributed by atoms with Crippen molar-refractivity contribution in [3.63, 3.8) is 0 Å². The Bertz CT molecular complexity index is 775. The number of nitrogens with one attached hydrogen (secondary N) is 2. The van der Waals surface area contributed by atoms with Crippen LogP contribution >= 0.6 is 12.2 Å². The molecule has 2 aromatic rings. The molecule has 0 saturated heterocycles. The molecule has 0 saturated carbocycles. The lowest BCUT2D eigenvalue weighted by Gasteiger charge is -2.13. The van der Waals surface area contributed by atoms with Crippen LogP contribution in [0.5, 0.6) is 5.75 Å². The lowest BCUT2D eigenvalue weighted by molar-refractivity contribution is 0.0526. The quantitative estimate of drug-likeness (QED) is 0.405. The average molecular weight is 387 g/mol. The standard InChI is InChI=1S/C21H26N2O3S/c1-4-26-20(24)17-10-7-15(2)19(14-17)23-21(27)22-13-5-6-16-8-11-18(25-3)12-9-16/h7-12,14H,4-6,13H2,1-3H3,(H2,22,23,27). The Morgan fingerprint density at radius 3 is 2.56 bits per heavy atom. The van der Waals surface area contributed by atoms with Gasteiger partial charge in [-0.2, -0.15) is 0 Å². The maximum absolute atomic E-state index is 11.9. The van der Waals surface area contributed by atoms with Crippen LogP contribution in [0.2, 0.25) is 0 Å². The summed E-state index contributed by atoms with van der Waals surface area (Å²) in [6.45, 7) is 4.86. The first-order valence-corrected chi connectivity index (χ1v) is 9.40. The van der Waals surface area contributed by atoms with Crippen LogP contribution in [0.4, 0.5) is 5.69 Å². The number of hydrogen-bond acceptors (Lipinski definition) is 4. The minimum absolute atomic E-state index is 0.334. The van der Waals surface area contributed by atoms with Crippen molar-refractivity contribution in [3.8, 4) is 5.75 Å². The second-order valence-electron chi connectivity index (χ2n) is 6.08. The summed E-state index contributed by atoms with van der Waals surface area (Å²) in [7, 11) is 1.66. The zero-order chi connectivity index (χ0) is 19.6. The van der Waals surface area contributed by atoms with Gasteiger partial charge in [-0.15, -0.1) is 0 Å². The summed E-state index contributed by atoms with van der Waals surface area (Å²) in [6, 6.07) is 13.5. The van der Waals surface area contributed by atoms with Crippen molar-refractivity contribution in [1.82, 2.24) is 5.32 Å². The third kappa shape index (κ3) is 6.57. The molecule has 0 heterocycles. The Balaban J connectivity index is 1.81. The Morgan fingerprint density at radius 2 is 1.89 bits per heavy atom. The predicted octanol–water partition coefficient (Wildman–Crippen LogP) is 4.10. The van der Waals surface area contributed by atoms with E-state index in [1.807, 2.05) is 25.1 Å². The first kappa shape index (κ1) is 20.7. The molecule has 6 heteroatoms. The van der Waals surface area contributed by atoms with Crippen LogP contribution in [0.1, 0.15) is 34.8 Å². The summed E-state index contributed by atoms with van der Waals surface area (Å²) < 4.78 is 10.2. The minimum atomic E-state index is -0.334. The number of carbonyl (C=O) groups is 1. The minimum Gasteiger partial charge on any atom is -0.497 e. The van der Waals surface area contributed by atoms with Crippen LogP contribution in [-0.2, 0) is 11.2 Å². The van der Waals surface area contributed by atoms with E-state index in [-0.39, 0.29) is 5.97 Å². The van der Waals surface area contributed by atoms with Gasteiger partial charge in [0.05, 0.1) is 19.3 Å². The van der Waals surface area contributed by atoms with Crippen LogP contribution in [-0.4, -0.2) is 31.3 Å². The van der Waals surface area contributed by atoms with Crippen molar-refractivity contribution in [3.05, 3.63) is 59.2 Å². The van der Waals surface area contributed by atoms with E-state index in [9.17, 15) is 4.79 Å². The molecule has 0 bridgehead atoms. The summed E-state index contributed by atoms with van der Waals surface area (Å²) in [6.07, 6.45) is 1.91. The number of aryl methyl sites for hydroxylation is 2. The summed E-state index contributed by atoms with van der Waals surface area (Å²) in [4.78, 5) is 11.9. The maximum Gasteiger partial charge on any atom is 0.338 e. The number of benzene rings is 2. The van der Waals surface area contributed by atoms with Gasteiger partial charge in [-0.25, -0.2) is 4.79 Å². The van der Waals surface area contributed by atoms with E-state index >= 15 is 0 Å². The van der Waals surface area contributed by atoms with Crippen molar-refractivity contribution < 1.29 is 14.3 Å². The van der Waals surface area contributed by atoms with Crippen molar-refractivity contribution >= 4 is 29.0 Å². The van der Waals surface area contributed by atoms with Gasteiger partial charge in [0.25, 0.3) is 0 Å². The van der Waals surface area contributed by atoms with Crippen LogP contribution < -0.4 is 15.4 Å². The Kier molecular flexibility index (Phi) is 8.07. The summed E-state index contributed by atoms with van der Waals surface area (Å²) in [5.41, 5.74) is 3.57. The van der Waals surface area contributed by atoms with Gasteiger partial charge in [-0.1, -0.05) is 18.2 Å². The lowest BCUT2D eigenvalue weighted by Crippen LogP contribution is -2.29. The molecule has 144 valence electrons. The van der Waals surface area contributed by atoms with Gasteiger partial charge in [0.1, 0.15) is 5.75 Å². The number of ether oxygens (including phenoxy) is 2. The molecule has 2 rings (SSSR count). The van der Waals surface area contributed by atoms with Crippen LogP contribution in [0.25, 0.3) is 0 Å². The fraction of sp³-hybridized carbons (Fsp3) is 0.333. The molecule has 2 aromatic carbocycles. The molecule has 0 amide bonds. The molecule has 0 aromatic heterocycles. The highest BCUT2D eigenvalue weighted by Crippen LogP contribution is 2.18. The van der Waals surface area contributed by atoms with E-state index in [0.717, 1.165) is 36.4 Å². The van der Waals surface area contributed by atoms with E-state index < -0.39 is 0 Å². The summed E-state index contributed by atoms with van der Waals surface area (Å²) in [5, 5.41) is 6.90. The van der Waals surface area contributed by atoms with E-state index in [0.29, 0.717) is 17.3 Å². The van der Waals surface area contributed by atoms with Gasteiger partial charge in [-0.05, 0) is 74.3 Å². The number of methoxy groups -OCH3 is 1. The third-order valence-electron chi connectivity index (χ3n) is 4.08. The second kappa shape index (κ2) is 10.5. The molecule has 27 heavy (non-hydrogen) atoms. The SMILES string of the molecule is CCOC(=O)c1ccc(C)c(NC(=S)NCCCc2ccc(OC)cc2)c1. The number of rotatable bonds is 8. The molecule has 0 aliphatic heterocycles. The van der Waals surface area contributed by atoms with Crippen molar-refractivity contribution in [1.29, 1.82) is 0 Å². The van der Waals surface area contributed by atoms with Gasteiger partial charge in [0.15, 0.2) is 5.11 Å². The highest BCUT2D eigenvalue weighted by Gasteiger charge is 2.09. The predicted molar refractivity (Wildman–Crippen MR) is 113 cm³/mol. The zero-order valence-corrected chi connectivity index (χ0v) is 16.8. The van der Waals surface area contributed by atoms with Gasteiger partial charge < -0.3 is 20.1 Å². The highest BCUT2D eigenvalue weighted by molar-refractivity contribution is 7.80. The summed E-state index contributed by atoms with van der Waals surface area (Å²) in [5.74, 6) is 0.529. The molecule has 0 aliphatic rings. The number of anilines is 1. The van der Waals surface area contributed by atoms with E-state index in [4.69, 9.17) is 21.7 Å². The van der Waals surface area contributed by atoms with Crippen LogP contribution in [0.3, 0.4) is 0 Å². The van der Waals surface area contributed by atoms with E-state index in [1.165, 1.54) is 5.56 Å². The normalized spacial score (nSPS) is 10.2. The van der Waals surface area contributed by atoms with Crippen molar-refractivity contribution in [2.45, 2.75) is 26.7 Å². The molecular formula is C21H26N2O3S. The molecular weight excluding hydrogens is 360 g/mol. The Morgan fingerprint density at radius 1 is 1.15 bits per heavy atom. The third-order valence-corrected chi connectivity index (χ3v) is 4.33. The number of esters is 1. The topological polar surface area (TPSA) is 59.6 Å². The fourth-order valence-electron chi connectivity index (χ4n) is 2.55. The molecule has 0 radical (unpaired) electrons. The van der Waals surface area contributed by atoms with E-state index in [1.54, 1.807) is 26.2 Å².